The van der Waals surface area contributed by atoms with Crippen molar-refractivity contribution in [1.29, 1.82) is 0 Å². The number of hydrogen-bond donors (Lipinski definition) is 0. The van der Waals surface area contributed by atoms with Crippen LogP contribution in [0.5, 0.6) is 0 Å². The first-order valence-electron chi connectivity index (χ1n) is 4.98. The molecule has 13 heavy (non-hydrogen) atoms. The minimum Gasteiger partial charge on any atom is -0.362 e. The highest BCUT2D eigenvalue weighted by Gasteiger charge is 2.01. The molecule has 0 N–H and O–H groups in total. The molecular weight excluding hydrogens is 160 g/mol. The second-order valence-corrected chi connectivity index (χ2v) is 3.01. The van der Waals surface area contributed by atoms with Crippen LogP contribution in [0.15, 0.2) is 12.7 Å². The second-order valence-electron chi connectivity index (χ2n) is 3.01. The molecule has 0 unspecified atom stereocenters. The van der Waals surface area contributed by atoms with E-state index < -0.39 is 0 Å². The number of unbranched alkanes of at least 4 members (excludes halogenated alkanes) is 2. The zero-order valence-corrected chi connectivity index (χ0v) is 8.81. The van der Waals surface area contributed by atoms with E-state index in [1.54, 1.807) is 0 Å². The van der Waals surface area contributed by atoms with Gasteiger partial charge in [0, 0.05) is 0 Å². The Balaban J connectivity index is 3.48. The summed E-state index contributed by atoms with van der Waals surface area (Å²) in [5, 5.41) is 0. The van der Waals surface area contributed by atoms with E-state index in [-0.39, 0.29) is 6.10 Å². The summed E-state index contributed by atoms with van der Waals surface area (Å²) >= 11 is 0. The fourth-order valence-corrected chi connectivity index (χ4v) is 1.09. The van der Waals surface area contributed by atoms with Crippen LogP contribution in [0.3, 0.4) is 0 Å². The van der Waals surface area contributed by atoms with Crippen LogP contribution < -0.4 is 0 Å². The van der Waals surface area contributed by atoms with Gasteiger partial charge in [0.05, 0.1) is 6.10 Å². The number of rotatable bonds is 7. The molecule has 0 aromatic rings. The van der Waals surface area contributed by atoms with Gasteiger partial charge in [0.25, 0.3) is 0 Å². The molecule has 0 saturated carbocycles. The Morgan fingerprint density at radius 3 is 2.77 bits per heavy atom. The van der Waals surface area contributed by atoms with Crippen molar-refractivity contribution in [3.63, 3.8) is 0 Å². The van der Waals surface area contributed by atoms with E-state index in [4.69, 9.17) is 4.74 Å². The summed E-state index contributed by atoms with van der Waals surface area (Å²) in [7, 11) is 0. The van der Waals surface area contributed by atoms with Gasteiger partial charge in [-0.3, -0.25) is 0 Å². The molecule has 0 spiro atoms. The molecule has 0 radical (unpaired) electrons. The summed E-state index contributed by atoms with van der Waals surface area (Å²) in [6.45, 7) is 8.30. The van der Waals surface area contributed by atoms with Crippen LogP contribution >= 0.6 is 0 Å². The highest BCUT2D eigenvalue weighted by atomic mass is 16.5. The van der Waals surface area contributed by atoms with Gasteiger partial charge in [-0.25, -0.2) is 0 Å². The van der Waals surface area contributed by atoms with Crippen LogP contribution in [-0.4, -0.2) is 12.7 Å². The summed E-state index contributed by atoms with van der Waals surface area (Å²) in [5.41, 5.74) is 0. The molecule has 1 heteroatoms. The average molecular weight is 180 g/mol. The maximum absolute atomic E-state index is 5.49. The third kappa shape index (κ3) is 7.62. The van der Waals surface area contributed by atoms with Crippen molar-refractivity contribution < 1.29 is 4.74 Å². The molecule has 0 aliphatic carbocycles. The topological polar surface area (TPSA) is 9.23 Å². The van der Waals surface area contributed by atoms with E-state index in [2.05, 4.69) is 25.3 Å². The molecule has 74 valence electrons. The molecule has 0 aliphatic heterocycles. The Bertz CT molecular complexity index is 173. The predicted molar refractivity (Wildman–Crippen MR) is 57.5 cm³/mol. The highest BCUT2D eigenvalue weighted by Crippen LogP contribution is 2.07. The van der Waals surface area contributed by atoms with Crippen LogP contribution in [0, 0.1) is 11.8 Å². The Morgan fingerprint density at radius 2 is 2.23 bits per heavy atom. The zero-order chi connectivity index (χ0) is 9.94. The molecular formula is C12H20O. The van der Waals surface area contributed by atoms with Crippen LogP contribution in [0.2, 0.25) is 0 Å². The Kier molecular flexibility index (Phi) is 8.82. The number of ether oxygens (including phenoxy) is 1. The molecule has 0 fully saturated rings. The van der Waals surface area contributed by atoms with Crippen molar-refractivity contribution in [2.24, 2.45) is 0 Å². The quantitative estimate of drug-likeness (QED) is 0.332. The molecule has 0 rings (SSSR count). The Morgan fingerprint density at radius 1 is 1.46 bits per heavy atom. The van der Waals surface area contributed by atoms with Crippen molar-refractivity contribution in [1.82, 2.24) is 0 Å². The van der Waals surface area contributed by atoms with Gasteiger partial charge in [0.2, 0.25) is 0 Å². The van der Waals surface area contributed by atoms with Crippen LogP contribution in [0.4, 0.5) is 0 Å². The monoisotopic (exact) mass is 180 g/mol. The first-order chi connectivity index (χ1) is 6.35. The van der Waals surface area contributed by atoms with Crippen molar-refractivity contribution in [2.75, 3.05) is 6.61 Å². The number of hydrogen-bond acceptors (Lipinski definition) is 1. The lowest BCUT2D eigenvalue weighted by molar-refractivity contribution is 0.105. The van der Waals surface area contributed by atoms with Gasteiger partial charge in [-0.2, -0.15) is 0 Å². The maximum atomic E-state index is 5.49. The summed E-state index contributed by atoms with van der Waals surface area (Å²) in [4.78, 5) is 0. The Labute approximate surface area is 82.2 Å². The summed E-state index contributed by atoms with van der Waals surface area (Å²) < 4.78 is 5.49. The van der Waals surface area contributed by atoms with E-state index in [1.807, 2.05) is 13.0 Å². The third-order valence-corrected chi connectivity index (χ3v) is 1.90. The molecule has 1 atom stereocenters. The summed E-state index contributed by atoms with van der Waals surface area (Å²) in [5.74, 6) is 5.69. The van der Waals surface area contributed by atoms with E-state index in [1.165, 1.54) is 19.3 Å². The predicted octanol–water partition coefficient (Wildman–Crippen LogP) is 3.16. The van der Waals surface area contributed by atoms with Crippen molar-refractivity contribution in [2.45, 2.75) is 45.6 Å². The minimum absolute atomic E-state index is 0.187. The summed E-state index contributed by atoms with van der Waals surface area (Å²) in [6, 6.07) is 0. The van der Waals surface area contributed by atoms with Gasteiger partial charge < -0.3 is 4.74 Å². The molecule has 0 aromatic heterocycles. The van der Waals surface area contributed by atoms with Crippen molar-refractivity contribution in [3.05, 3.63) is 12.7 Å². The van der Waals surface area contributed by atoms with Gasteiger partial charge in [-0.05, 0) is 13.3 Å². The van der Waals surface area contributed by atoms with Crippen molar-refractivity contribution in [3.8, 4) is 11.8 Å². The third-order valence-electron chi connectivity index (χ3n) is 1.90. The van der Waals surface area contributed by atoms with Gasteiger partial charge >= 0.3 is 0 Å². The molecule has 1 nitrogen and oxygen atoms in total. The van der Waals surface area contributed by atoms with Crippen LogP contribution in [0.25, 0.3) is 0 Å². The van der Waals surface area contributed by atoms with Gasteiger partial charge in [0.1, 0.15) is 6.61 Å². The van der Waals surface area contributed by atoms with E-state index in [0.717, 1.165) is 6.42 Å². The molecule has 0 bridgehead atoms. The van der Waals surface area contributed by atoms with E-state index >= 15 is 0 Å². The van der Waals surface area contributed by atoms with Crippen LogP contribution in [-0.2, 0) is 4.74 Å². The average Bonchev–Trinajstić information content (AvgIpc) is 2.16. The van der Waals surface area contributed by atoms with E-state index in [9.17, 15) is 0 Å². The van der Waals surface area contributed by atoms with Gasteiger partial charge in [-0.1, -0.05) is 38.2 Å². The zero-order valence-electron chi connectivity index (χ0n) is 8.81. The molecule has 0 heterocycles. The van der Waals surface area contributed by atoms with E-state index in [0.29, 0.717) is 6.61 Å². The second kappa shape index (κ2) is 9.35. The first-order valence-corrected chi connectivity index (χ1v) is 4.98. The molecule has 0 saturated heterocycles. The minimum atomic E-state index is 0.187. The maximum Gasteiger partial charge on any atom is 0.108 e. The lowest BCUT2D eigenvalue weighted by Gasteiger charge is -2.10. The largest absolute Gasteiger partial charge is 0.362 e. The summed E-state index contributed by atoms with van der Waals surface area (Å²) in [6.07, 6.45) is 6.86. The molecule has 0 amide bonds. The molecule has 0 aliphatic rings. The van der Waals surface area contributed by atoms with Gasteiger partial charge in [-0.15, -0.1) is 12.5 Å². The van der Waals surface area contributed by atoms with Gasteiger partial charge in [0.15, 0.2) is 0 Å². The SMILES string of the molecule is C=C[C@@H](CCCCC)OCC#CC. The first kappa shape index (κ1) is 12.3. The fraction of sp³-hybridized carbons (Fsp3) is 0.667. The lowest BCUT2D eigenvalue weighted by Crippen LogP contribution is -2.09. The normalized spacial score (nSPS) is 11.5. The molecule has 0 aromatic carbocycles. The standard InChI is InChI=1S/C12H20O/c1-4-7-9-10-12(6-3)13-11-8-5-2/h6,12H,3-4,7,9-11H2,1-2H3/t12-/m0/s1. The smallest absolute Gasteiger partial charge is 0.108 e. The highest BCUT2D eigenvalue weighted by molar-refractivity contribution is 4.95. The van der Waals surface area contributed by atoms with Crippen LogP contribution in [0.1, 0.15) is 39.5 Å². The van der Waals surface area contributed by atoms with Crippen molar-refractivity contribution >= 4 is 0 Å². The Hall–Kier alpha value is -0.740. The fourth-order valence-electron chi connectivity index (χ4n) is 1.09. The lowest BCUT2D eigenvalue weighted by atomic mass is 10.1.